The molecule has 10 rings (SSSR count). The van der Waals surface area contributed by atoms with E-state index in [4.69, 9.17) is 0 Å². The molecular formula is C58H46N2. The molecule has 1 aliphatic carbocycles. The van der Waals surface area contributed by atoms with Crippen LogP contribution in [0.4, 0.5) is 34.1 Å². The Kier molecular flexibility index (Phi) is 9.47. The SMILES string of the molecule is Cc1ccc(N(c2ccc(-c3ccccc3)cc2)c2ccc3c(c2)C(C)(C)c2cc(N(c4ccc(-c5ccccc5)cc4)c4ccc(-c5ccccc5)cc4)ccc2-3)cc1. The molecule has 0 amide bonds. The molecule has 2 nitrogen and oxygen atoms in total. The standard InChI is InChI=1S/C58H46N2/c1-41-19-27-48(28-20-41)59(49-29-21-45(22-30-49)42-13-7-4-8-14-42)52-35-37-54-55-38-36-53(40-57(55)58(2,3)56(54)39-52)60(50-31-23-46(24-32-50)43-15-9-5-10-16-43)51-33-25-47(26-34-51)44-17-11-6-12-18-44/h4-40H,1-3H3. The lowest BCUT2D eigenvalue weighted by Crippen LogP contribution is -2.17. The molecule has 0 saturated heterocycles. The van der Waals surface area contributed by atoms with Gasteiger partial charge in [0.15, 0.2) is 0 Å². The lowest BCUT2D eigenvalue weighted by Gasteiger charge is -2.29. The highest BCUT2D eigenvalue weighted by molar-refractivity contribution is 5.89. The summed E-state index contributed by atoms with van der Waals surface area (Å²) in [6.45, 7) is 6.90. The van der Waals surface area contributed by atoms with Crippen molar-refractivity contribution < 1.29 is 0 Å². The Hall–Kier alpha value is -7.42. The maximum absolute atomic E-state index is 2.42. The first-order chi connectivity index (χ1) is 29.4. The normalized spacial score (nSPS) is 12.4. The summed E-state index contributed by atoms with van der Waals surface area (Å²) in [6.07, 6.45) is 0. The molecule has 0 spiro atoms. The molecule has 0 N–H and O–H groups in total. The third-order valence-electron chi connectivity index (χ3n) is 12.1. The number of anilines is 6. The molecule has 0 fully saturated rings. The molecule has 9 aromatic carbocycles. The fourth-order valence-corrected chi connectivity index (χ4v) is 8.88. The predicted octanol–water partition coefficient (Wildman–Crippen LogP) is 16.2. The molecule has 0 radical (unpaired) electrons. The van der Waals surface area contributed by atoms with Crippen LogP contribution in [0, 0.1) is 6.92 Å². The molecule has 60 heavy (non-hydrogen) atoms. The smallest absolute Gasteiger partial charge is 0.0465 e. The molecule has 288 valence electrons. The molecule has 0 heterocycles. The number of hydrogen-bond donors (Lipinski definition) is 0. The molecule has 0 atom stereocenters. The van der Waals surface area contributed by atoms with Crippen molar-refractivity contribution in [2.45, 2.75) is 26.2 Å². The lowest BCUT2D eigenvalue weighted by atomic mass is 9.82. The van der Waals surface area contributed by atoms with Crippen molar-refractivity contribution in [2.75, 3.05) is 9.80 Å². The Balaban J connectivity index is 1.04. The Morgan fingerprint density at radius 2 is 0.550 bits per heavy atom. The van der Waals surface area contributed by atoms with Crippen LogP contribution in [0.1, 0.15) is 30.5 Å². The van der Waals surface area contributed by atoms with Gasteiger partial charge in [-0.1, -0.05) is 171 Å². The third-order valence-corrected chi connectivity index (χ3v) is 12.1. The summed E-state index contributed by atoms with van der Waals surface area (Å²) < 4.78 is 0. The van der Waals surface area contributed by atoms with Crippen LogP contribution in [-0.2, 0) is 5.41 Å². The van der Waals surface area contributed by atoms with Gasteiger partial charge >= 0.3 is 0 Å². The number of aryl methyl sites for hydroxylation is 1. The summed E-state index contributed by atoms with van der Waals surface area (Å²) >= 11 is 0. The van der Waals surface area contributed by atoms with Crippen molar-refractivity contribution in [3.05, 3.63) is 241 Å². The van der Waals surface area contributed by atoms with Crippen molar-refractivity contribution >= 4 is 34.1 Å². The highest BCUT2D eigenvalue weighted by Gasteiger charge is 2.37. The average Bonchev–Trinajstić information content (AvgIpc) is 3.53. The zero-order valence-corrected chi connectivity index (χ0v) is 34.3. The van der Waals surface area contributed by atoms with E-state index in [1.165, 1.54) is 61.2 Å². The van der Waals surface area contributed by atoms with E-state index in [-0.39, 0.29) is 5.41 Å². The van der Waals surface area contributed by atoms with Crippen LogP contribution in [0.25, 0.3) is 44.5 Å². The first kappa shape index (κ1) is 36.9. The second-order valence-corrected chi connectivity index (χ2v) is 16.3. The molecular weight excluding hydrogens is 725 g/mol. The van der Waals surface area contributed by atoms with Crippen molar-refractivity contribution in [1.29, 1.82) is 0 Å². The van der Waals surface area contributed by atoms with Crippen molar-refractivity contribution in [1.82, 2.24) is 0 Å². The quantitative estimate of drug-likeness (QED) is 0.144. The van der Waals surface area contributed by atoms with Gasteiger partial charge in [0.1, 0.15) is 0 Å². The third kappa shape index (κ3) is 6.86. The van der Waals surface area contributed by atoms with Gasteiger partial charge in [-0.15, -0.1) is 0 Å². The van der Waals surface area contributed by atoms with Crippen LogP contribution in [0.3, 0.4) is 0 Å². The Morgan fingerprint density at radius 3 is 0.867 bits per heavy atom. The maximum atomic E-state index is 2.42. The van der Waals surface area contributed by atoms with Crippen LogP contribution in [0.15, 0.2) is 224 Å². The van der Waals surface area contributed by atoms with Crippen LogP contribution >= 0.6 is 0 Å². The van der Waals surface area contributed by atoms with Gasteiger partial charge in [0.05, 0.1) is 0 Å². The minimum Gasteiger partial charge on any atom is -0.310 e. The summed E-state index contributed by atoms with van der Waals surface area (Å²) in [7, 11) is 0. The highest BCUT2D eigenvalue weighted by atomic mass is 15.1. The molecule has 2 heteroatoms. The topological polar surface area (TPSA) is 6.48 Å². The molecule has 0 aliphatic heterocycles. The van der Waals surface area contributed by atoms with E-state index in [0.29, 0.717) is 0 Å². The average molecular weight is 771 g/mol. The molecule has 1 aliphatic rings. The largest absolute Gasteiger partial charge is 0.310 e. The van der Waals surface area contributed by atoms with Gasteiger partial charge in [-0.05, 0) is 135 Å². The second kappa shape index (κ2) is 15.4. The first-order valence-corrected chi connectivity index (χ1v) is 20.8. The van der Waals surface area contributed by atoms with E-state index in [0.717, 1.165) is 34.1 Å². The van der Waals surface area contributed by atoms with Crippen LogP contribution in [0.2, 0.25) is 0 Å². The fourth-order valence-electron chi connectivity index (χ4n) is 8.88. The van der Waals surface area contributed by atoms with Crippen LogP contribution in [0.5, 0.6) is 0 Å². The molecule has 0 unspecified atom stereocenters. The number of fused-ring (bicyclic) bond motifs is 3. The van der Waals surface area contributed by atoms with Crippen molar-refractivity contribution in [3.8, 4) is 44.5 Å². The molecule has 0 bridgehead atoms. The van der Waals surface area contributed by atoms with Crippen molar-refractivity contribution in [3.63, 3.8) is 0 Å². The Labute approximate surface area is 354 Å². The lowest BCUT2D eigenvalue weighted by molar-refractivity contribution is 0.660. The van der Waals surface area contributed by atoms with Gasteiger partial charge in [0.25, 0.3) is 0 Å². The van der Waals surface area contributed by atoms with Gasteiger partial charge in [-0.25, -0.2) is 0 Å². The minimum atomic E-state index is -0.243. The molecule has 0 aromatic heterocycles. The summed E-state index contributed by atoms with van der Waals surface area (Å²) in [5.74, 6) is 0. The van der Waals surface area contributed by atoms with Crippen molar-refractivity contribution in [2.24, 2.45) is 0 Å². The summed E-state index contributed by atoms with van der Waals surface area (Å²) in [5, 5.41) is 0. The Morgan fingerprint density at radius 1 is 0.283 bits per heavy atom. The van der Waals surface area contributed by atoms with E-state index < -0.39 is 0 Å². The first-order valence-electron chi connectivity index (χ1n) is 20.8. The Bertz CT molecular complexity index is 2810. The number of nitrogens with zero attached hydrogens (tertiary/aromatic N) is 2. The minimum absolute atomic E-state index is 0.243. The van der Waals surface area contributed by atoms with E-state index in [1.54, 1.807) is 0 Å². The van der Waals surface area contributed by atoms with Crippen LogP contribution < -0.4 is 9.80 Å². The summed E-state index contributed by atoms with van der Waals surface area (Å²) in [6, 6.07) is 81.6. The van der Waals surface area contributed by atoms with Crippen LogP contribution in [-0.4, -0.2) is 0 Å². The van der Waals surface area contributed by atoms with E-state index >= 15 is 0 Å². The number of rotatable bonds is 9. The van der Waals surface area contributed by atoms with Gasteiger partial charge < -0.3 is 9.80 Å². The van der Waals surface area contributed by atoms with E-state index in [2.05, 4.69) is 255 Å². The van der Waals surface area contributed by atoms with Gasteiger partial charge in [0.2, 0.25) is 0 Å². The zero-order chi connectivity index (χ0) is 40.6. The predicted molar refractivity (Wildman–Crippen MR) is 254 cm³/mol. The number of hydrogen-bond acceptors (Lipinski definition) is 2. The summed E-state index contributed by atoms with van der Waals surface area (Å²) in [4.78, 5) is 4.78. The second-order valence-electron chi connectivity index (χ2n) is 16.3. The van der Waals surface area contributed by atoms with Gasteiger partial charge in [-0.2, -0.15) is 0 Å². The van der Waals surface area contributed by atoms with E-state index in [1.807, 2.05) is 0 Å². The van der Waals surface area contributed by atoms with Gasteiger partial charge in [-0.3, -0.25) is 0 Å². The highest BCUT2D eigenvalue weighted by Crippen LogP contribution is 2.52. The van der Waals surface area contributed by atoms with Gasteiger partial charge in [0, 0.05) is 39.5 Å². The fraction of sp³-hybridized carbons (Fsp3) is 0.0690. The number of benzene rings is 9. The zero-order valence-electron chi connectivity index (χ0n) is 34.3. The van der Waals surface area contributed by atoms with E-state index in [9.17, 15) is 0 Å². The molecule has 0 saturated carbocycles. The maximum Gasteiger partial charge on any atom is 0.0465 e. The molecule has 9 aromatic rings. The summed E-state index contributed by atoms with van der Waals surface area (Å²) in [5.41, 5.74) is 20.3. The monoisotopic (exact) mass is 770 g/mol.